The molecule has 1 rings (SSSR count). The molecule has 9 heteroatoms. The van der Waals surface area contributed by atoms with Crippen molar-refractivity contribution in [3.8, 4) is 0 Å². The lowest BCUT2D eigenvalue weighted by Crippen LogP contribution is -2.40. The Bertz CT molecular complexity index is 555. The van der Waals surface area contributed by atoms with Gasteiger partial charge in [0.25, 0.3) is 5.95 Å². The number of amides is 2. The minimum absolute atomic E-state index is 0.0607. The Labute approximate surface area is 148 Å². The van der Waals surface area contributed by atoms with Gasteiger partial charge in [-0.05, 0) is 19.3 Å². The van der Waals surface area contributed by atoms with Crippen molar-refractivity contribution in [2.45, 2.75) is 59.3 Å². The molecule has 1 heterocycles. The third-order valence-corrected chi connectivity index (χ3v) is 3.86. The van der Waals surface area contributed by atoms with Gasteiger partial charge in [0, 0.05) is 0 Å². The molecule has 1 atom stereocenters. The Morgan fingerprint density at radius 1 is 1.20 bits per heavy atom. The summed E-state index contributed by atoms with van der Waals surface area (Å²) in [5.41, 5.74) is 6.86. The molecule has 0 saturated carbocycles. The minimum atomic E-state index is -0.525. The molecule has 0 radical (unpaired) electrons. The van der Waals surface area contributed by atoms with E-state index in [-0.39, 0.29) is 24.8 Å². The summed E-state index contributed by atoms with van der Waals surface area (Å²) in [5, 5.41) is 17.9. The van der Waals surface area contributed by atoms with Crippen molar-refractivity contribution in [3.05, 3.63) is 11.4 Å². The molecule has 0 aliphatic carbocycles. The maximum atomic E-state index is 12.3. The average molecular weight is 352 g/mol. The third-order valence-electron chi connectivity index (χ3n) is 3.86. The molecule has 0 spiro atoms. The third kappa shape index (κ3) is 7.00. The predicted octanol–water partition coefficient (Wildman–Crippen LogP) is 1.48. The zero-order valence-electron chi connectivity index (χ0n) is 15.2. The number of nitrogens with one attached hydrogen (secondary N) is 2. The molecule has 9 nitrogen and oxygen atoms in total. The molecular formula is C16H28N6O3. The number of aromatic nitrogens is 3. The topological polar surface area (TPSA) is 120 Å². The van der Waals surface area contributed by atoms with Gasteiger partial charge in [-0.2, -0.15) is 0 Å². The van der Waals surface area contributed by atoms with Crippen LogP contribution in [-0.4, -0.2) is 44.3 Å². The van der Waals surface area contributed by atoms with Gasteiger partial charge in [0.2, 0.25) is 12.3 Å². The fraction of sp³-hybridized carbons (Fsp3) is 0.688. The first-order valence-corrected chi connectivity index (χ1v) is 8.74. The van der Waals surface area contributed by atoms with Crippen LogP contribution in [0.25, 0.3) is 0 Å². The van der Waals surface area contributed by atoms with Gasteiger partial charge < -0.3 is 0 Å². The van der Waals surface area contributed by atoms with Gasteiger partial charge in [0.1, 0.15) is 0 Å². The molecule has 2 amide bonds. The highest BCUT2D eigenvalue weighted by Crippen LogP contribution is 2.12. The van der Waals surface area contributed by atoms with Crippen molar-refractivity contribution in [2.24, 2.45) is 5.92 Å². The summed E-state index contributed by atoms with van der Waals surface area (Å²) in [5.74, 6) is -0.646. The molecule has 1 aromatic heterocycles. The first kappa shape index (κ1) is 20.8. The van der Waals surface area contributed by atoms with Crippen molar-refractivity contribution in [2.75, 3.05) is 12.0 Å². The summed E-state index contributed by atoms with van der Waals surface area (Å²) in [4.78, 5) is 27.3. The number of aryl methyl sites for hydroxylation is 2. The highest BCUT2D eigenvalue weighted by atomic mass is 16.5. The molecular weight excluding hydrogens is 324 g/mol. The van der Waals surface area contributed by atoms with Crippen molar-refractivity contribution < 1.29 is 14.8 Å². The van der Waals surface area contributed by atoms with Gasteiger partial charge in [-0.25, -0.2) is 10.0 Å². The Hall–Kier alpha value is -2.29. The van der Waals surface area contributed by atoms with Gasteiger partial charge >= 0.3 is 0 Å². The molecule has 3 N–H and O–H groups in total. The van der Waals surface area contributed by atoms with E-state index in [9.17, 15) is 14.8 Å². The number of nitrogens with zero attached hydrogens (tertiary/aromatic N) is 4. The normalized spacial score (nSPS) is 11.7. The van der Waals surface area contributed by atoms with Gasteiger partial charge in [-0.3, -0.25) is 25.6 Å². The maximum absolute atomic E-state index is 12.3. The lowest BCUT2D eigenvalue weighted by molar-refractivity contribution is -0.154. The van der Waals surface area contributed by atoms with Crippen LogP contribution in [0, 0.1) is 5.92 Å². The number of carbonyl (C=O) groups excluding carboxylic acids is 2. The van der Waals surface area contributed by atoms with Gasteiger partial charge in [-0.1, -0.05) is 40.0 Å². The molecule has 0 aliphatic heterocycles. The van der Waals surface area contributed by atoms with E-state index in [1.54, 1.807) is 0 Å². The zero-order valence-corrected chi connectivity index (χ0v) is 15.2. The predicted molar refractivity (Wildman–Crippen MR) is 92.5 cm³/mol. The van der Waals surface area contributed by atoms with Crippen molar-refractivity contribution in [3.63, 3.8) is 0 Å². The number of hydrazine groups is 1. The van der Waals surface area contributed by atoms with E-state index in [0.29, 0.717) is 11.5 Å². The number of hydroxylamine groups is 2. The summed E-state index contributed by atoms with van der Waals surface area (Å²) in [6.07, 6.45) is 5.16. The first-order chi connectivity index (χ1) is 12.0. The lowest BCUT2D eigenvalue weighted by Gasteiger charge is -2.19. The second-order valence-corrected chi connectivity index (χ2v) is 5.77. The van der Waals surface area contributed by atoms with Gasteiger partial charge in [-0.15, -0.1) is 10.2 Å². The van der Waals surface area contributed by atoms with Crippen LogP contribution in [0.15, 0.2) is 0 Å². The van der Waals surface area contributed by atoms with Crippen LogP contribution < -0.4 is 10.9 Å². The number of carbonyl (C=O) groups is 2. The molecule has 0 unspecified atom stereocenters. The van der Waals surface area contributed by atoms with Crippen LogP contribution in [0.4, 0.5) is 5.95 Å². The van der Waals surface area contributed by atoms with Gasteiger partial charge in [0.05, 0.1) is 23.9 Å². The lowest BCUT2D eigenvalue weighted by atomic mass is 10.0. The summed E-state index contributed by atoms with van der Waals surface area (Å²) in [6.45, 7) is 5.96. The highest BCUT2D eigenvalue weighted by molar-refractivity contribution is 5.80. The quantitative estimate of drug-likeness (QED) is 0.225. The summed E-state index contributed by atoms with van der Waals surface area (Å²) in [6, 6.07) is 0. The molecule has 0 bridgehead atoms. The largest absolute Gasteiger partial charge is 0.286 e. The smallest absolute Gasteiger partial charge is 0.261 e. The number of hydrogen-bond acceptors (Lipinski definition) is 7. The van der Waals surface area contributed by atoms with Crippen molar-refractivity contribution >= 4 is 18.3 Å². The van der Waals surface area contributed by atoms with E-state index in [1.165, 1.54) is 0 Å². The molecule has 0 saturated heterocycles. The van der Waals surface area contributed by atoms with Crippen molar-refractivity contribution in [1.82, 2.24) is 25.7 Å². The number of rotatable bonds is 12. The Kier molecular flexibility index (Phi) is 9.38. The van der Waals surface area contributed by atoms with E-state index >= 15 is 0 Å². The van der Waals surface area contributed by atoms with Crippen LogP contribution in [0.2, 0.25) is 0 Å². The SMILES string of the molecule is CCCCC[C@H](CN(O)C=O)C(=O)NNc1nnc(CC)c(CC)n1. The maximum Gasteiger partial charge on any atom is 0.261 e. The Balaban J connectivity index is 2.67. The zero-order chi connectivity index (χ0) is 18.7. The Morgan fingerprint density at radius 3 is 2.52 bits per heavy atom. The second-order valence-electron chi connectivity index (χ2n) is 5.77. The molecule has 25 heavy (non-hydrogen) atoms. The molecule has 0 aromatic carbocycles. The van der Waals surface area contributed by atoms with Crippen LogP contribution >= 0.6 is 0 Å². The first-order valence-electron chi connectivity index (χ1n) is 8.74. The number of unbranched alkanes of at least 4 members (excludes halogenated alkanes) is 2. The van der Waals surface area contributed by atoms with Crippen LogP contribution in [0.3, 0.4) is 0 Å². The van der Waals surface area contributed by atoms with Crippen LogP contribution in [0.5, 0.6) is 0 Å². The number of hydrogen-bond donors (Lipinski definition) is 3. The van der Waals surface area contributed by atoms with E-state index < -0.39 is 5.92 Å². The molecule has 1 aromatic rings. The summed E-state index contributed by atoms with van der Waals surface area (Å²) in [7, 11) is 0. The fourth-order valence-electron chi connectivity index (χ4n) is 2.43. The average Bonchev–Trinajstić information content (AvgIpc) is 2.64. The summed E-state index contributed by atoms with van der Waals surface area (Å²) < 4.78 is 0. The van der Waals surface area contributed by atoms with E-state index in [1.807, 2.05) is 13.8 Å². The van der Waals surface area contributed by atoms with Crippen LogP contribution in [-0.2, 0) is 22.4 Å². The molecule has 0 aliphatic rings. The van der Waals surface area contributed by atoms with E-state index in [2.05, 4.69) is 33.0 Å². The summed E-state index contributed by atoms with van der Waals surface area (Å²) >= 11 is 0. The van der Waals surface area contributed by atoms with Gasteiger partial charge in [0.15, 0.2) is 0 Å². The second kappa shape index (κ2) is 11.3. The molecule has 140 valence electrons. The Morgan fingerprint density at radius 2 is 1.92 bits per heavy atom. The van der Waals surface area contributed by atoms with E-state index in [4.69, 9.17) is 0 Å². The number of anilines is 1. The molecule has 0 fully saturated rings. The fourth-order valence-corrected chi connectivity index (χ4v) is 2.43. The minimum Gasteiger partial charge on any atom is -0.286 e. The van der Waals surface area contributed by atoms with Crippen molar-refractivity contribution in [1.29, 1.82) is 0 Å². The monoisotopic (exact) mass is 352 g/mol. The van der Waals surface area contributed by atoms with E-state index in [0.717, 1.165) is 43.5 Å². The standard InChI is InChI=1S/C16H28N6O3/c1-4-7-8-9-12(10-22(25)11-23)15(24)19-21-16-17-13(5-2)14(6-3)18-20-16/h11-12,25H,4-10H2,1-3H3,(H,19,24)(H,17,20,21)/t12-/m1/s1. The van der Waals surface area contributed by atoms with Crippen LogP contribution in [0.1, 0.15) is 57.8 Å². The highest BCUT2D eigenvalue weighted by Gasteiger charge is 2.21.